The van der Waals surface area contributed by atoms with Gasteiger partial charge in [0.05, 0.1) is 0 Å². The molecule has 2 aromatic rings. The van der Waals surface area contributed by atoms with Crippen LogP contribution < -0.4 is 5.73 Å². The van der Waals surface area contributed by atoms with Gasteiger partial charge in [0.2, 0.25) is 0 Å². The Bertz CT molecular complexity index is 567. The molecule has 0 amide bonds. The Morgan fingerprint density at radius 1 is 1.41 bits per heavy atom. The Balaban J connectivity index is 2.23. The number of ketones is 1. The molecular formula is C12H9BrClNOS. The number of thiophene rings is 1. The van der Waals surface area contributed by atoms with E-state index in [1.807, 2.05) is 11.4 Å². The van der Waals surface area contributed by atoms with Crippen molar-refractivity contribution in [2.75, 3.05) is 5.73 Å². The van der Waals surface area contributed by atoms with E-state index >= 15 is 0 Å². The van der Waals surface area contributed by atoms with Crippen LogP contribution in [0.4, 0.5) is 5.69 Å². The van der Waals surface area contributed by atoms with E-state index in [0.717, 1.165) is 9.35 Å². The van der Waals surface area contributed by atoms with E-state index in [-0.39, 0.29) is 5.78 Å². The lowest BCUT2D eigenvalue weighted by atomic mass is 10.1. The van der Waals surface area contributed by atoms with Crippen molar-refractivity contribution in [3.05, 3.63) is 49.6 Å². The van der Waals surface area contributed by atoms with Gasteiger partial charge in [-0.1, -0.05) is 11.6 Å². The predicted octanol–water partition coefficient (Wildman–Crippen LogP) is 4.17. The van der Waals surface area contributed by atoms with Gasteiger partial charge in [-0.3, -0.25) is 4.79 Å². The summed E-state index contributed by atoms with van der Waals surface area (Å²) in [5, 5.41) is 2.48. The Morgan fingerprint density at radius 2 is 2.18 bits per heavy atom. The van der Waals surface area contributed by atoms with Gasteiger partial charge in [-0.2, -0.15) is 0 Å². The van der Waals surface area contributed by atoms with Crippen LogP contribution in [0.15, 0.2) is 34.1 Å². The molecule has 1 heterocycles. The third-order valence-corrected chi connectivity index (χ3v) is 4.49. The lowest BCUT2D eigenvalue weighted by Crippen LogP contribution is -2.06. The molecule has 2 nitrogen and oxygen atoms in total. The topological polar surface area (TPSA) is 43.1 Å². The van der Waals surface area contributed by atoms with Crippen LogP contribution in [0.25, 0.3) is 0 Å². The Labute approximate surface area is 117 Å². The number of nitrogens with two attached hydrogens (primary N) is 1. The molecule has 0 aliphatic rings. The smallest absolute Gasteiger partial charge is 0.170 e. The summed E-state index contributed by atoms with van der Waals surface area (Å²) >= 11 is 10.7. The van der Waals surface area contributed by atoms with Crippen LogP contribution in [-0.4, -0.2) is 5.78 Å². The maximum Gasteiger partial charge on any atom is 0.170 e. The van der Waals surface area contributed by atoms with Gasteiger partial charge in [-0.25, -0.2) is 0 Å². The number of halogens is 2. The number of hydrogen-bond donors (Lipinski definition) is 1. The summed E-state index contributed by atoms with van der Waals surface area (Å²) in [7, 11) is 0. The van der Waals surface area contributed by atoms with Crippen LogP contribution >= 0.6 is 38.9 Å². The second-order valence-corrected chi connectivity index (χ2v) is 5.81. The largest absolute Gasteiger partial charge is 0.398 e. The van der Waals surface area contributed by atoms with Crippen molar-refractivity contribution in [1.82, 2.24) is 0 Å². The lowest BCUT2D eigenvalue weighted by molar-refractivity contribution is 0.0994. The zero-order valence-electron chi connectivity index (χ0n) is 8.74. The van der Waals surface area contributed by atoms with E-state index in [0.29, 0.717) is 22.7 Å². The van der Waals surface area contributed by atoms with Gasteiger partial charge in [0, 0.05) is 32.0 Å². The molecule has 0 spiro atoms. The number of benzene rings is 1. The molecule has 0 bridgehead atoms. The van der Waals surface area contributed by atoms with E-state index in [9.17, 15) is 4.79 Å². The first-order valence-corrected chi connectivity index (χ1v) is 6.93. The summed E-state index contributed by atoms with van der Waals surface area (Å²) < 4.78 is 0.961. The molecule has 1 aromatic heterocycles. The Morgan fingerprint density at radius 3 is 2.76 bits per heavy atom. The summed E-state index contributed by atoms with van der Waals surface area (Å²) in [5.74, 6) is 0.00215. The fraction of sp³-hybridized carbons (Fsp3) is 0.0833. The Hall–Kier alpha value is -0.840. The van der Waals surface area contributed by atoms with Crippen LogP contribution in [0, 0.1) is 0 Å². The van der Waals surface area contributed by atoms with Crippen LogP contribution in [0.2, 0.25) is 5.02 Å². The molecule has 1 aromatic carbocycles. The monoisotopic (exact) mass is 329 g/mol. The maximum absolute atomic E-state index is 12.1. The average Bonchev–Trinajstić information content (AvgIpc) is 2.64. The molecular weight excluding hydrogens is 322 g/mol. The fourth-order valence-corrected chi connectivity index (χ4v) is 3.15. The first-order valence-electron chi connectivity index (χ1n) is 4.88. The first kappa shape index (κ1) is 12.6. The predicted molar refractivity (Wildman–Crippen MR) is 75.9 cm³/mol. The van der Waals surface area contributed by atoms with Gasteiger partial charge < -0.3 is 5.73 Å². The molecule has 0 atom stereocenters. The molecule has 0 saturated heterocycles. The van der Waals surface area contributed by atoms with Crippen LogP contribution in [0.5, 0.6) is 0 Å². The van der Waals surface area contributed by atoms with E-state index in [2.05, 4.69) is 15.9 Å². The van der Waals surface area contributed by atoms with E-state index in [1.165, 1.54) is 0 Å². The third kappa shape index (κ3) is 2.89. The quantitative estimate of drug-likeness (QED) is 0.678. The highest BCUT2D eigenvalue weighted by Crippen LogP contribution is 2.26. The van der Waals surface area contributed by atoms with Crippen molar-refractivity contribution in [2.24, 2.45) is 0 Å². The highest BCUT2D eigenvalue weighted by molar-refractivity contribution is 9.10. The number of carbonyl (C=O) groups excluding carboxylic acids is 1. The van der Waals surface area contributed by atoms with Crippen molar-refractivity contribution in [3.63, 3.8) is 0 Å². The van der Waals surface area contributed by atoms with Crippen molar-refractivity contribution in [2.45, 2.75) is 6.42 Å². The minimum atomic E-state index is 0.00215. The molecule has 0 saturated carbocycles. The Kier molecular flexibility index (Phi) is 3.86. The number of anilines is 1. The van der Waals surface area contributed by atoms with Gasteiger partial charge >= 0.3 is 0 Å². The van der Waals surface area contributed by atoms with Crippen molar-refractivity contribution < 1.29 is 4.79 Å². The molecule has 5 heteroatoms. The maximum atomic E-state index is 12.1. The van der Waals surface area contributed by atoms with Gasteiger partial charge in [0.1, 0.15) is 0 Å². The number of rotatable bonds is 3. The summed E-state index contributed by atoms with van der Waals surface area (Å²) in [4.78, 5) is 13.1. The van der Waals surface area contributed by atoms with E-state index in [1.54, 1.807) is 29.5 Å². The minimum Gasteiger partial charge on any atom is -0.398 e. The van der Waals surface area contributed by atoms with Crippen LogP contribution in [-0.2, 0) is 6.42 Å². The standard InChI is InChI=1S/C12H9BrClNOS/c13-9-3-4-17-12(9)6-11(16)8-2-1-7(14)5-10(8)15/h1-5H,6,15H2. The van der Waals surface area contributed by atoms with Crippen molar-refractivity contribution >= 4 is 50.3 Å². The first-order chi connectivity index (χ1) is 8.08. The highest BCUT2D eigenvalue weighted by atomic mass is 79.9. The van der Waals surface area contributed by atoms with E-state index in [4.69, 9.17) is 17.3 Å². The molecule has 0 aliphatic carbocycles. The van der Waals surface area contributed by atoms with Gasteiger partial charge in [0.15, 0.2) is 5.78 Å². The number of Topliss-reactive ketones (excluding diaryl/α,β-unsaturated/α-hetero) is 1. The van der Waals surface area contributed by atoms with Gasteiger partial charge in [-0.05, 0) is 45.6 Å². The second-order valence-electron chi connectivity index (χ2n) is 3.52. The molecule has 2 N–H and O–H groups in total. The summed E-state index contributed by atoms with van der Waals surface area (Å²) in [5.41, 5.74) is 6.72. The molecule has 17 heavy (non-hydrogen) atoms. The SMILES string of the molecule is Nc1cc(Cl)ccc1C(=O)Cc1sccc1Br. The lowest BCUT2D eigenvalue weighted by Gasteiger charge is -2.04. The zero-order chi connectivity index (χ0) is 12.4. The highest BCUT2D eigenvalue weighted by Gasteiger charge is 2.13. The molecule has 0 fully saturated rings. The zero-order valence-corrected chi connectivity index (χ0v) is 11.9. The summed E-state index contributed by atoms with van der Waals surface area (Å²) in [6, 6.07) is 6.87. The average molecular weight is 331 g/mol. The number of nitrogen functional groups attached to an aromatic ring is 1. The van der Waals surface area contributed by atoms with E-state index < -0.39 is 0 Å². The van der Waals surface area contributed by atoms with Crippen LogP contribution in [0.3, 0.4) is 0 Å². The number of carbonyl (C=O) groups is 1. The van der Waals surface area contributed by atoms with Crippen molar-refractivity contribution in [1.29, 1.82) is 0 Å². The normalized spacial score (nSPS) is 10.5. The molecule has 0 radical (unpaired) electrons. The minimum absolute atomic E-state index is 0.00215. The third-order valence-electron chi connectivity index (χ3n) is 2.33. The molecule has 0 aliphatic heterocycles. The molecule has 0 unspecified atom stereocenters. The second kappa shape index (κ2) is 5.21. The summed E-state index contributed by atoms with van der Waals surface area (Å²) in [6.45, 7) is 0. The van der Waals surface area contributed by atoms with Crippen LogP contribution in [0.1, 0.15) is 15.2 Å². The van der Waals surface area contributed by atoms with Crippen molar-refractivity contribution in [3.8, 4) is 0 Å². The van der Waals surface area contributed by atoms with Gasteiger partial charge in [-0.15, -0.1) is 11.3 Å². The molecule has 2 rings (SSSR count). The van der Waals surface area contributed by atoms with Gasteiger partial charge in [0.25, 0.3) is 0 Å². The number of hydrogen-bond acceptors (Lipinski definition) is 3. The molecule has 88 valence electrons. The fourth-order valence-electron chi connectivity index (χ4n) is 1.48. The summed E-state index contributed by atoms with van der Waals surface area (Å²) in [6.07, 6.45) is 0.351.